The first-order chi connectivity index (χ1) is 10.1. The minimum absolute atomic E-state index is 0.134. The number of amides is 1. The highest BCUT2D eigenvalue weighted by molar-refractivity contribution is 5.72. The van der Waals surface area contributed by atoms with Crippen molar-refractivity contribution in [1.82, 2.24) is 10.2 Å². The number of ether oxygens (including phenoxy) is 2. The molecule has 114 valence electrons. The van der Waals surface area contributed by atoms with Crippen LogP contribution < -0.4 is 5.32 Å². The Morgan fingerprint density at radius 3 is 2.52 bits per heavy atom. The Morgan fingerprint density at radius 2 is 1.95 bits per heavy atom. The Labute approximate surface area is 124 Å². The van der Waals surface area contributed by atoms with Crippen molar-refractivity contribution in [2.45, 2.75) is 25.1 Å². The molecule has 21 heavy (non-hydrogen) atoms. The summed E-state index contributed by atoms with van der Waals surface area (Å²) in [5, 5.41) is 2.82. The van der Waals surface area contributed by atoms with Crippen LogP contribution in [0.25, 0.3) is 0 Å². The number of hydrogen-bond donors (Lipinski definition) is 1. The molecule has 1 aliphatic rings. The van der Waals surface area contributed by atoms with Crippen molar-refractivity contribution in [2.24, 2.45) is 0 Å². The lowest BCUT2D eigenvalue weighted by Crippen LogP contribution is -2.50. The molecule has 6 heteroatoms. The third-order valence-corrected chi connectivity index (χ3v) is 3.60. The fourth-order valence-corrected chi connectivity index (χ4v) is 2.08. The van der Waals surface area contributed by atoms with Crippen LogP contribution in [0.4, 0.5) is 4.79 Å². The molecule has 0 spiro atoms. The van der Waals surface area contributed by atoms with Gasteiger partial charge in [0.2, 0.25) is 0 Å². The molecule has 1 aromatic carbocycles. The molecular formula is C15H20N2O4. The molecule has 0 atom stereocenters. The van der Waals surface area contributed by atoms with Crippen molar-refractivity contribution in [3.63, 3.8) is 0 Å². The number of rotatable bonds is 6. The summed E-state index contributed by atoms with van der Waals surface area (Å²) in [6.45, 7) is 0.360. The highest BCUT2D eigenvalue weighted by atomic mass is 16.5. The van der Waals surface area contributed by atoms with E-state index in [9.17, 15) is 9.59 Å². The molecule has 1 saturated carbocycles. The van der Waals surface area contributed by atoms with Crippen LogP contribution in [-0.4, -0.2) is 43.3 Å². The number of likely N-dealkylation sites (N-methyl/N-ethyl adjacent to an activating group) is 1. The molecule has 0 saturated heterocycles. The van der Waals surface area contributed by atoms with Crippen LogP contribution in [-0.2, 0) is 20.9 Å². The molecule has 1 N–H and O–H groups in total. The van der Waals surface area contributed by atoms with Gasteiger partial charge in [-0.25, -0.2) is 4.79 Å². The molecule has 0 heterocycles. The number of alkyl carbamates (subject to hydrolysis) is 1. The fourth-order valence-electron chi connectivity index (χ4n) is 2.08. The summed E-state index contributed by atoms with van der Waals surface area (Å²) in [6, 6.07) is 9.48. The van der Waals surface area contributed by atoms with Crippen molar-refractivity contribution in [2.75, 3.05) is 20.7 Å². The molecule has 1 fully saturated rings. The first-order valence-corrected chi connectivity index (χ1v) is 6.83. The van der Waals surface area contributed by atoms with Crippen molar-refractivity contribution < 1.29 is 19.1 Å². The number of carbonyl (C=O) groups is 2. The molecule has 1 aliphatic carbocycles. The molecule has 0 aromatic heterocycles. The summed E-state index contributed by atoms with van der Waals surface area (Å²) in [4.78, 5) is 24.9. The van der Waals surface area contributed by atoms with E-state index in [-0.39, 0.29) is 19.1 Å². The number of benzene rings is 1. The van der Waals surface area contributed by atoms with Crippen LogP contribution in [0.3, 0.4) is 0 Å². The van der Waals surface area contributed by atoms with Crippen molar-refractivity contribution in [3.8, 4) is 0 Å². The van der Waals surface area contributed by atoms with E-state index >= 15 is 0 Å². The summed E-state index contributed by atoms with van der Waals surface area (Å²) < 4.78 is 9.82. The van der Waals surface area contributed by atoms with E-state index in [4.69, 9.17) is 4.74 Å². The lowest BCUT2D eigenvalue weighted by Gasteiger charge is -2.27. The van der Waals surface area contributed by atoms with Gasteiger partial charge >= 0.3 is 12.1 Å². The Morgan fingerprint density at radius 1 is 1.29 bits per heavy atom. The zero-order chi connectivity index (χ0) is 15.3. The molecule has 1 aromatic rings. The lowest BCUT2D eigenvalue weighted by atomic mass is 10.2. The van der Waals surface area contributed by atoms with Gasteiger partial charge in [-0.1, -0.05) is 30.3 Å². The third-order valence-electron chi connectivity index (χ3n) is 3.60. The fraction of sp³-hybridized carbons (Fsp3) is 0.467. The van der Waals surface area contributed by atoms with Gasteiger partial charge in [0, 0.05) is 0 Å². The molecular weight excluding hydrogens is 272 g/mol. The second-order valence-corrected chi connectivity index (χ2v) is 5.15. The van der Waals surface area contributed by atoms with Crippen LogP contribution in [0.2, 0.25) is 0 Å². The predicted octanol–water partition coefficient (Wildman–Crippen LogP) is 1.51. The van der Waals surface area contributed by atoms with E-state index < -0.39 is 11.8 Å². The summed E-state index contributed by atoms with van der Waals surface area (Å²) in [5.74, 6) is -0.330. The highest BCUT2D eigenvalue weighted by Gasteiger charge is 2.48. The number of hydrogen-bond acceptors (Lipinski definition) is 5. The van der Waals surface area contributed by atoms with Crippen LogP contribution in [0.5, 0.6) is 0 Å². The van der Waals surface area contributed by atoms with E-state index in [1.54, 1.807) is 11.9 Å². The van der Waals surface area contributed by atoms with Gasteiger partial charge in [0.05, 0.1) is 19.3 Å². The van der Waals surface area contributed by atoms with Gasteiger partial charge in [0.25, 0.3) is 0 Å². The molecule has 1 amide bonds. The summed E-state index contributed by atoms with van der Waals surface area (Å²) in [5.41, 5.74) is 0.447. The van der Waals surface area contributed by atoms with Crippen LogP contribution in [0, 0.1) is 0 Å². The Bertz CT molecular complexity index is 500. The highest BCUT2D eigenvalue weighted by Crippen LogP contribution is 2.38. The van der Waals surface area contributed by atoms with Crippen molar-refractivity contribution >= 4 is 12.1 Å². The van der Waals surface area contributed by atoms with Crippen LogP contribution in [0.15, 0.2) is 30.3 Å². The van der Waals surface area contributed by atoms with E-state index in [1.165, 1.54) is 7.11 Å². The average Bonchev–Trinajstić information content (AvgIpc) is 3.27. The Kier molecular flexibility index (Phi) is 4.80. The predicted molar refractivity (Wildman–Crippen MR) is 76.4 cm³/mol. The quantitative estimate of drug-likeness (QED) is 0.636. The van der Waals surface area contributed by atoms with Crippen molar-refractivity contribution in [3.05, 3.63) is 35.9 Å². The van der Waals surface area contributed by atoms with Crippen LogP contribution in [0.1, 0.15) is 18.4 Å². The molecule has 0 radical (unpaired) electrons. The van der Waals surface area contributed by atoms with Gasteiger partial charge in [-0.3, -0.25) is 9.69 Å². The minimum Gasteiger partial charge on any atom is -0.468 e. The molecule has 2 rings (SSSR count). The zero-order valence-electron chi connectivity index (χ0n) is 12.3. The van der Waals surface area contributed by atoms with Gasteiger partial charge in [-0.05, 0) is 25.5 Å². The van der Waals surface area contributed by atoms with Crippen LogP contribution >= 0.6 is 0 Å². The smallest absolute Gasteiger partial charge is 0.408 e. The Balaban J connectivity index is 1.80. The zero-order valence-corrected chi connectivity index (χ0v) is 12.3. The lowest BCUT2D eigenvalue weighted by molar-refractivity contribution is -0.142. The van der Waals surface area contributed by atoms with Gasteiger partial charge in [0.1, 0.15) is 6.61 Å². The first kappa shape index (κ1) is 15.3. The maximum Gasteiger partial charge on any atom is 0.408 e. The minimum atomic E-state index is -0.484. The first-order valence-electron chi connectivity index (χ1n) is 6.83. The van der Waals surface area contributed by atoms with Gasteiger partial charge in [-0.2, -0.15) is 0 Å². The summed E-state index contributed by atoms with van der Waals surface area (Å²) in [7, 11) is 3.12. The standard InChI is InChI=1S/C15H20N2O4/c1-17(10-13(18)20-2)15(8-9-15)16-14(19)21-11-12-6-4-3-5-7-12/h3-7H,8-11H2,1-2H3,(H,16,19). The van der Waals surface area contributed by atoms with E-state index in [0.717, 1.165) is 18.4 Å². The maximum absolute atomic E-state index is 11.9. The molecule has 0 unspecified atom stereocenters. The van der Waals surface area contributed by atoms with Gasteiger partial charge in [-0.15, -0.1) is 0 Å². The number of carbonyl (C=O) groups excluding carboxylic acids is 2. The number of methoxy groups -OCH3 is 1. The monoisotopic (exact) mass is 292 g/mol. The van der Waals surface area contributed by atoms with E-state index in [1.807, 2.05) is 30.3 Å². The van der Waals surface area contributed by atoms with E-state index in [2.05, 4.69) is 10.1 Å². The largest absolute Gasteiger partial charge is 0.468 e. The average molecular weight is 292 g/mol. The molecule has 6 nitrogen and oxygen atoms in total. The number of esters is 1. The number of nitrogens with one attached hydrogen (secondary N) is 1. The van der Waals surface area contributed by atoms with E-state index in [0.29, 0.717) is 0 Å². The van der Waals surface area contributed by atoms with Gasteiger partial charge in [0.15, 0.2) is 0 Å². The maximum atomic E-state index is 11.9. The van der Waals surface area contributed by atoms with Gasteiger partial charge < -0.3 is 14.8 Å². The molecule has 0 aliphatic heterocycles. The second-order valence-electron chi connectivity index (χ2n) is 5.15. The van der Waals surface area contributed by atoms with Crippen molar-refractivity contribution in [1.29, 1.82) is 0 Å². The summed E-state index contributed by atoms with van der Waals surface area (Å²) in [6.07, 6.45) is 1.11. The molecule has 0 bridgehead atoms. The SMILES string of the molecule is COC(=O)CN(C)C1(NC(=O)OCc2ccccc2)CC1. The summed E-state index contributed by atoms with van der Waals surface area (Å²) >= 11 is 0. The topological polar surface area (TPSA) is 67.9 Å². The normalized spacial score (nSPS) is 15.4. The number of nitrogens with zero attached hydrogens (tertiary/aromatic N) is 1. The Hall–Kier alpha value is -2.08. The third kappa shape index (κ3) is 4.19. The second kappa shape index (κ2) is 6.58.